The van der Waals surface area contributed by atoms with Gasteiger partial charge < -0.3 is 4.55 Å². The lowest BCUT2D eigenvalue weighted by atomic mass is 9.96. The molecule has 0 saturated heterocycles. The fourth-order valence-corrected chi connectivity index (χ4v) is 1.75. The van der Waals surface area contributed by atoms with Crippen molar-refractivity contribution in [2.24, 2.45) is 0 Å². The van der Waals surface area contributed by atoms with Gasteiger partial charge in [0.15, 0.2) is 11.1 Å². The van der Waals surface area contributed by atoms with Gasteiger partial charge in [0.1, 0.15) is 0 Å². The van der Waals surface area contributed by atoms with Gasteiger partial charge in [0.25, 0.3) is 0 Å². The summed E-state index contributed by atoms with van der Waals surface area (Å²) in [6.07, 6.45) is 6.27. The fourth-order valence-electron chi connectivity index (χ4n) is 1.21. The Balaban J connectivity index is 2.86. The van der Waals surface area contributed by atoms with Gasteiger partial charge in [-0.15, -0.1) is 0 Å². The van der Waals surface area contributed by atoms with Crippen LogP contribution in [0, 0.1) is 0 Å². The van der Waals surface area contributed by atoms with Crippen LogP contribution in [0.2, 0.25) is 0 Å². The number of allylic oxidation sites excluding steroid dienone is 3. The van der Waals surface area contributed by atoms with Gasteiger partial charge in [0.2, 0.25) is 0 Å². The van der Waals surface area contributed by atoms with E-state index in [1.165, 1.54) is 0 Å². The summed E-state index contributed by atoms with van der Waals surface area (Å²) in [4.78, 5) is 0. The smallest absolute Gasteiger partial charge is 0.163 e. The van der Waals surface area contributed by atoms with Crippen LogP contribution in [-0.4, -0.2) is 13.5 Å². The van der Waals surface area contributed by atoms with Crippen LogP contribution in [0.3, 0.4) is 0 Å². The number of hydrogen-bond acceptors (Lipinski definition) is 1. The molecule has 0 bridgehead atoms. The van der Waals surface area contributed by atoms with Crippen molar-refractivity contribution in [1.82, 2.24) is 0 Å². The van der Waals surface area contributed by atoms with E-state index in [-0.39, 0.29) is 0 Å². The van der Waals surface area contributed by atoms with Crippen LogP contribution < -0.4 is 0 Å². The zero-order valence-electron chi connectivity index (χ0n) is 6.70. The van der Waals surface area contributed by atoms with E-state index in [4.69, 9.17) is 4.55 Å². The van der Waals surface area contributed by atoms with Crippen LogP contribution in [0.25, 0.3) is 0 Å². The van der Waals surface area contributed by atoms with Gasteiger partial charge in [-0.3, -0.25) is 0 Å². The minimum atomic E-state index is -1.77. The maximum absolute atomic E-state index is 10.9. The molecule has 1 aliphatic rings. The molecule has 0 spiro atoms. The van der Waals surface area contributed by atoms with E-state index in [1.54, 1.807) is 13.0 Å². The molecular weight excluding hydrogens is 160 g/mol. The summed E-state index contributed by atoms with van der Waals surface area (Å²) in [5.74, 6) is 0. The SMILES string of the molecule is CC1=CC=CC(C)(S(=O)O)C1. The van der Waals surface area contributed by atoms with Crippen LogP contribution >= 0.6 is 0 Å². The largest absolute Gasteiger partial charge is 0.305 e. The second kappa shape index (κ2) is 2.91. The summed E-state index contributed by atoms with van der Waals surface area (Å²) >= 11 is -1.77. The first-order chi connectivity index (χ1) is 5.04. The molecule has 0 fully saturated rings. The molecule has 0 heterocycles. The van der Waals surface area contributed by atoms with Gasteiger partial charge in [0.05, 0.1) is 4.75 Å². The summed E-state index contributed by atoms with van der Waals surface area (Å²) in [5.41, 5.74) is 1.15. The molecule has 0 saturated carbocycles. The predicted molar refractivity (Wildman–Crippen MR) is 46.7 cm³/mol. The maximum atomic E-state index is 10.9. The Kier molecular flexibility index (Phi) is 2.30. The van der Waals surface area contributed by atoms with E-state index in [9.17, 15) is 4.21 Å². The third-order valence-corrected chi connectivity index (χ3v) is 2.94. The van der Waals surface area contributed by atoms with Crippen molar-refractivity contribution in [1.29, 1.82) is 0 Å². The highest BCUT2D eigenvalue weighted by atomic mass is 32.2. The van der Waals surface area contributed by atoms with E-state index >= 15 is 0 Å². The molecule has 1 rings (SSSR count). The molecular formula is C8H12O2S. The third kappa shape index (κ3) is 1.79. The van der Waals surface area contributed by atoms with E-state index in [1.807, 2.05) is 19.1 Å². The molecule has 2 unspecified atom stereocenters. The Morgan fingerprint density at radius 2 is 2.36 bits per heavy atom. The summed E-state index contributed by atoms with van der Waals surface area (Å²) in [6, 6.07) is 0. The van der Waals surface area contributed by atoms with Crippen LogP contribution in [0.15, 0.2) is 23.8 Å². The van der Waals surface area contributed by atoms with Crippen molar-refractivity contribution >= 4 is 11.1 Å². The first-order valence-electron chi connectivity index (χ1n) is 3.50. The van der Waals surface area contributed by atoms with Crippen molar-refractivity contribution in [3.05, 3.63) is 23.8 Å². The minimum Gasteiger partial charge on any atom is -0.305 e. The predicted octanol–water partition coefficient (Wildman–Crippen LogP) is 1.87. The molecule has 0 aromatic heterocycles. The second-order valence-electron chi connectivity index (χ2n) is 3.11. The van der Waals surface area contributed by atoms with Crippen LogP contribution in [0.5, 0.6) is 0 Å². The van der Waals surface area contributed by atoms with Gasteiger partial charge in [-0.05, 0) is 20.3 Å². The normalized spacial score (nSPS) is 33.2. The zero-order valence-corrected chi connectivity index (χ0v) is 7.52. The van der Waals surface area contributed by atoms with Crippen molar-refractivity contribution < 1.29 is 8.76 Å². The molecule has 0 radical (unpaired) electrons. The highest BCUT2D eigenvalue weighted by molar-refractivity contribution is 7.80. The Morgan fingerprint density at radius 1 is 1.73 bits per heavy atom. The van der Waals surface area contributed by atoms with E-state index in [2.05, 4.69) is 0 Å². The van der Waals surface area contributed by atoms with Crippen molar-refractivity contribution in [2.75, 3.05) is 0 Å². The standard InChI is InChI=1S/C8H12O2S/c1-7-4-3-5-8(2,6-7)11(9)10/h3-5H,6H2,1-2H3,(H,9,10). The quantitative estimate of drug-likeness (QED) is 0.613. The fraction of sp³-hybridized carbons (Fsp3) is 0.500. The molecule has 0 amide bonds. The maximum Gasteiger partial charge on any atom is 0.163 e. The van der Waals surface area contributed by atoms with Crippen LogP contribution in [-0.2, 0) is 11.1 Å². The number of hydrogen-bond donors (Lipinski definition) is 1. The van der Waals surface area contributed by atoms with Crippen molar-refractivity contribution in [3.8, 4) is 0 Å². The Morgan fingerprint density at radius 3 is 2.73 bits per heavy atom. The third-order valence-electron chi connectivity index (χ3n) is 1.86. The summed E-state index contributed by atoms with van der Waals surface area (Å²) in [6.45, 7) is 3.75. The molecule has 3 heteroatoms. The van der Waals surface area contributed by atoms with Gasteiger partial charge in [-0.25, -0.2) is 4.21 Å². The lowest BCUT2D eigenvalue weighted by Crippen LogP contribution is -2.29. The molecule has 0 aliphatic heterocycles. The minimum absolute atomic E-state index is 0.571. The lowest BCUT2D eigenvalue weighted by molar-refractivity contribution is 0.528. The van der Waals surface area contributed by atoms with E-state index in [0.29, 0.717) is 6.42 Å². The van der Waals surface area contributed by atoms with E-state index in [0.717, 1.165) is 5.57 Å². The molecule has 0 aromatic rings. The number of rotatable bonds is 1. The summed E-state index contributed by atoms with van der Waals surface area (Å²) < 4.78 is 19.2. The average Bonchev–Trinajstić information content (AvgIpc) is 1.86. The highest BCUT2D eigenvalue weighted by Crippen LogP contribution is 2.26. The Hall–Kier alpha value is -0.410. The second-order valence-corrected chi connectivity index (χ2v) is 4.54. The molecule has 2 atom stereocenters. The monoisotopic (exact) mass is 172 g/mol. The molecule has 1 aliphatic carbocycles. The molecule has 11 heavy (non-hydrogen) atoms. The first kappa shape index (κ1) is 8.68. The lowest BCUT2D eigenvalue weighted by Gasteiger charge is -2.24. The topological polar surface area (TPSA) is 37.3 Å². The zero-order chi connectivity index (χ0) is 8.48. The van der Waals surface area contributed by atoms with Gasteiger partial charge in [-0.2, -0.15) is 0 Å². The van der Waals surface area contributed by atoms with Crippen molar-refractivity contribution in [3.63, 3.8) is 0 Å². The van der Waals surface area contributed by atoms with Crippen LogP contribution in [0.1, 0.15) is 20.3 Å². The van der Waals surface area contributed by atoms with Gasteiger partial charge in [-0.1, -0.05) is 23.8 Å². The summed E-state index contributed by atoms with van der Waals surface area (Å²) in [7, 11) is 0. The summed E-state index contributed by atoms with van der Waals surface area (Å²) in [5, 5.41) is 0. The van der Waals surface area contributed by atoms with Gasteiger partial charge >= 0.3 is 0 Å². The first-order valence-corrected chi connectivity index (χ1v) is 4.61. The molecule has 0 aromatic carbocycles. The molecule has 1 N–H and O–H groups in total. The highest BCUT2D eigenvalue weighted by Gasteiger charge is 2.29. The molecule has 2 nitrogen and oxygen atoms in total. The molecule has 62 valence electrons. The van der Waals surface area contributed by atoms with Crippen LogP contribution in [0.4, 0.5) is 0 Å². The Bertz CT molecular complexity index is 242. The Labute approximate surface area is 69.3 Å². The average molecular weight is 172 g/mol. The van der Waals surface area contributed by atoms with Crippen molar-refractivity contribution in [2.45, 2.75) is 25.0 Å². The van der Waals surface area contributed by atoms with Gasteiger partial charge in [0, 0.05) is 0 Å². The van der Waals surface area contributed by atoms with E-state index < -0.39 is 15.8 Å².